The van der Waals surface area contributed by atoms with Gasteiger partial charge in [-0.3, -0.25) is 0 Å². The molecule has 1 heterocycles. The van der Waals surface area contributed by atoms with Crippen LogP contribution in [0.15, 0.2) is 41.8 Å². The number of hydrogen-bond donors (Lipinski definition) is 1. The number of halogens is 1. The highest BCUT2D eigenvalue weighted by Crippen LogP contribution is 2.38. The molecule has 0 fully saturated rings. The minimum atomic E-state index is -0.182. The molecule has 1 unspecified atom stereocenters. The lowest BCUT2D eigenvalue weighted by Crippen LogP contribution is -2.37. The van der Waals surface area contributed by atoms with Crippen molar-refractivity contribution in [1.82, 2.24) is 5.32 Å². The van der Waals surface area contributed by atoms with Crippen LogP contribution in [0, 0.1) is 5.82 Å². The van der Waals surface area contributed by atoms with Crippen LogP contribution >= 0.6 is 11.3 Å². The van der Waals surface area contributed by atoms with Crippen molar-refractivity contribution in [3.63, 3.8) is 0 Å². The number of rotatable bonds is 6. The molecule has 2 aromatic rings. The lowest BCUT2D eigenvalue weighted by atomic mass is 9.77. The lowest BCUT2D eigenvalue weighted by Gasteiger charge is -2.35. The van der Waals surface area contributed by atoms with E-state index in [1.165, 1.54) is 4.88 Å². The summed E-state index contributed by atoms with van der Waals surface area (Å²) in [6.45, 7) is 7.58. The van der Waals surface area contributed by atoms with Gasteiger partial charge in [0.1, 0.15) is 5.82 Å². The van der Waals surface area contributed by atoms with E-state index in [0.29, 0.717) is 0 Å². The summed E-state index contributed by atoms with van der Waals surface area (Å²) in [7, 11) is 0. The molecule has 0 aliphatic heterocycles. The molecule has 0 bridgehead atoms. The summed E-state index contributed by atoms with van der Waals surface area (Å²) >= 11 is 1.77. The highest BCUT2D eigenvalue weighted by molar-refractivity contribution is 7.10. The lowest BCUT2D eigenvalue weighted by molar-refractivity contribution is 0.352. The van der Waals surface area contributed by atoms with E-state index in [9.17, 15) is 4.39 Å². The maximum atomic E-state index is 13.1. The quantitative estimate of drug-likeness (QED) is 0.797. The van der Waals surface area contributed by atoms with E-state index in [0.717, 1.165) is 18.5 Å². The molecular weight excluding hydrogens is 269 g/mol. The minimum absolute atomic E-state index is 0.0896. The molecule has 0 aliphatic carbocycles. The van der Waals surface area contributed by atoms with Gasteiger partial charge in [0.2, 0.25) is 0 Å². The molecule has 0 saturated heterocycles. The van der Waals surface area contributed by atoms with Gasteiger partial charge in [0.15, 0.2) is 0 Å². The van der Waals surface area contributed by atoms with Crippen LogP contribution in [0.2, 0.25) is 0 Å². The van der Waals surface area contributed by atoms with Crippen molar-refractivity contribution in [3.8, 4) is 0 Å². The summed E-state index contributed by atoms with van der Waals surface area (Å²) in [5.41, 5.74) is 1.06. The Morgan fingerprint density at radius 3 is 2.45 bits per heavy atom. The van der Waals surface area contributed by atoms with Crippen molar-refractivity contribution in [2.24, 2.45) is 0 Å². The highest BCUT2D eigenvalue weighted by Gasteiger charge is 2.32. The summed E-state index contributed by atoms with van der Waals surface area (Å²) in [6.07, 6.45) is 1.10. The molecule has 1 nitrogen and oxygen atoms in total. The summed E-state index contributed by atoms with van der Waals surface area (Å²) in [6, 6.07) is 11.4. The van der Waals surface area contributed by atoms with Gasteiger partial charge in [-0.05, 0) is 42.1 Å². The predicted octanol–water partition coefficient (Wildman–Crippen LogP) is 4.91. The van der Waals surface area contributed by atoms with Gasteiger partial charge in [-0.15, -0.1) is 11.3 Å². The topological polar surface area (TPSA) is 12.0 Å². The third-order valence-electron chi connectivity index (χ3n) is 3.74. The monoisotopic (exact) mass is 291 g/mol. The van der Waals surface area contributed by atoms with Crippen LogP contribution in [0.1, 0.15) is 43.7 Å². The fourth-order valence-electron chi connectivity index (χ4n) is 2.50. The third-order valence-corrected chi connectivity index (χ3v) is 4.67. The Labute approximate surface area is 124 Å². The van der Waals surface area contributed by atoms with Crippen LogP contribution < -0.4 is 5.32 Å². The third kappa shape index (κ3) is 3.28. The Hall–Kier alpha value is -1.19. The zero-order chi connectivity index (χ0) is 14.6. The zero-order valence-corrected chi connectivity index (χ0v) is 13.1. The van der Waals surface area contributed by atoms with Crippen LogP contribution in [0.3, 0.4) is 0 Å². The van der Waals surface area contributed by atoms with E-state index in [4.69, 9.17) is 0 Å². The Kier molecular flexibility index (Phi) is 4.95. The molecule has 0 radical (unpaired) electrons. The minimum Gasteiger partial charge on any atom is -0.309 e. The maximum Gasteiger partial charge on any atom is 0.123 e. The van der Waals surface area contributed by atoms with Crippen molar-refractivity contribution >= 4 is 11.3 Å². The molecule has 1 aromatic heterocycles. The Morgan fingerprint density at radius 1 is 1.20 bits per heavy atom. The van der Waals surface area contributed by atoms with Crippen molar-refractivity contribution in [2.45, 2.75) is 38.6 Å². The molecule has 0 aliphatic rings. The highest BCUT2D eigenvalue weighted by atomic mass is 32.1. The Morgan fingerprint density at radius 2 is 1.90 bits per heavy atom. The molecular formula is C17H22FNS. The molecule has 1 N–H and O–H groups in total. The molecule has 1 atom stereocenters. The second-order valence-electron chi connectivity index (χ2n) is 5.63. The molecule has 108 valence electrons. The second kappa shape index (κ2) is 6.51. The first-order chi connectivity index (χ1) is 9.55. The summed E-state index contributed by atoms with van der Waals surface area (Å²) in [5, 5.41) is 5.75. The Bertz CT molecular complexity index is 516. The number of hydrogen-bond acceptors (Lipinski definition) is 2. The molecule has 1 aromatic carbocycles. The summed E-state index contributed by atoms with van der Waals surface area (Å²) in [4.78, 5) is 1.33. The number of nitrogens with one attached hydrogen (secondary N) is 1. The van der Waals surface area contributed by atoms with Crippen LogP contribution in [0.5, 0.6) is 0 Å². The fourth-order valence-corrected chi connectivity index (χ4v) is 3.49. The van der Waals surface area contributed by atoms with E-state index >= 15 is 0 Å². The standard InChI is InChI=1S/C17H22FNS/c1-4-11-19-16(15-6-5-12-20-15)17(2,3)13-7-9-14(18)10-8-13/h5-10,12,16,19H,4,11H2,1-3H3. The van der Waals surface area contributed by atoms with E-state index in [2.05, 4.69) is 43.6 Å². The normalized spacial score (nSPS) is 13.4. The average Bonchev–Trinajstić information content (AvgIpc) is 2.93. The van der Waals surface area contributed by atoms with E-state index in [1.807, 2.05) is 12.1 Å². The van der Waals surface area contributed by atoms with E-state index < -0.39 is 0 Å². The van der Waals surface area contributed by atoms with Crippen molar-refractivity contribution in [2.75, 3.05) is 6.54 Å². The molecule has 3 heteroatoms. The summed E-state index contributed by atoms with van der Waals surface area (Å²) < 4.78 is 13.1. The predicted molar refractivity (Wildman–Crippen MR) is 84.8 cm³/mol. The van der Waals surface area contributed by atoms with Crippen LogP contribution in [-0.4, -0.2) is 6.54 Å². The number of thiophene rings is 1. The van der Waals surface area contributed by atoms with E-state index in [-0.39, 0.29) is 17.3 Å². The SMILES string of the molecule is CCCNC(c1cccs1)C(C)(C)c1ccc(F)cc1. The summed E-state index contributed by atoms with van der Waals surface area (Å²) in [5.74, 6) is -0.182. The zero-order valence-electron chi connectivity index (χ0n) is 12.3. The number of benzene rings is 1. The second-order valence-corrected chi connectivity index (χ2v) is 6.61. The van der Waals surface area contributed by atoms with Gasteiger partial charge in [-0.25, -0.2) is 4.39 Å². The smallest absolute Gasteiger partial charge is 0.123 e. The van der Waals surface area contributed by atoms with Gasteiger partial charge >= 0.3 is 0 Å². The fraction of sp³-hybridized carbons (Fsp3) is 0.412. The maximum absolute atomic E-state index is 13.1. The largest absolute Gasteiger partial charge is 0.309 e. The first-order valence-corrected chi connectivity index (χ1v) is 7.96. The molecule has 0 saturated carbocycles. The molecule has 2 rings (SSSR count). The molecule has 20 heavy (non-hydrogen) atoms. The first-order valence-electron chi connectivity index (χ1n) is 7.08. The van der Waals surface area contributed by atoms with Crippen LogP contribution in [0.25, 0.3) is 0 Å². The molecule has 0 spiro atoms. The Balaban J connectivity index is 2.32. The van der Waals surface area contributed by atoms with Gasteiger partial charge in [0, 0.05) is 10.3 Å². The molecule has 0 amide bonds. The van der Waals surface area contributed by atoms with Crippen molar-refractivity contribution in [3.05, 3.63) is 58.0 Å². The van der Waals surface area contributed by atoms with Gasteiger partial charge in [0.25, 0.3) is 0 Å². The van der Waals surface area contributed by atoms with Crippen molar-refractivity contribution in [1.29, 1.82) is 0 Å². The van der Waals surface area contributed by atoms with Crippen LogP contribution in [-0.2, 0) is 5.41 Å². The van der Waals surface area contributed by atoms with Gasteiger partial charge in [-0.1, -0.05) is 39.0 Å². The van der Waals surface area contributed by atoms with Crippen LogP contribution in [0.4, 0.5) is 4.39 Å². The average molecular weight is 291 g/mol. The van der Waals surface area contributed by atoms with E-state index in [1.54, 1.807) is 23.5 Å². The first kappa shape index (κ1) is 15.2. The van der Waals surface area contributed by atoms with Crippen molar-refractivity contribution < 1.29 is 4.39 Å². The van der Waals surface area contributed by atoms with Gasteiger partial charge in [-0.2, -0.15) is 0 Å². The van der Waals surface area contributed by atoms with Gasteiger partial charge < -0.3 is 5.32 Å². The van der Waals surface area contributed by atoms with Gasteiger partial charge in [0.05, 0.1) is 6.04 Å².